The Hall–Kier alpha value is -3.39. The van der Waals surface area contributed by atoms with Crippen LogP contribution in [-0.4, -0.2) is 130 Å². The van der Waals surface area contributed by atoms with Crippen LogP contribution < -0.4 is 5.32 Å². The molecule has 4 amide bonds. The van der Waals surface area contributed by atoms with Crippen molar-refractivity contribution in [3.63, 3.8) is 0 Å². The number of benzene rings is 1. The summed E-state index contributed by atoms with van der Waals surface area (Å²) < 4.78 is 6.05. The van der Waals surface area contributed by atoms with Crippen LogP contribution in [0.3, 0.4) is 0 Å². The molecule has 14 heteroatoms. The number of rotatable bonds is 6. The van der Waals surface area contributed by atoms with E-state index in [1.54, 1.807) is 22.4 Å². The lowest BCUT2D eigenvalue weighted by Gasteiger charge is -2.43. The van der Waals surface area contributed by atoms with Gasteiger partial charge in [-0.3, -0.25) is 14.8 Å². The maximum absolute atomic E-state index is 14.0. The van der Waals surface area contributed by atoms with Crippen molar-refractivity contribution in [2.75, 3.05) is 64.7 Å². The lowest BCUT2D eigenvalue weighted by atomic mass is 10.0. The van der Waals surface area contributed by atoms with Gasteiger partial charge in [0.1, 0.15) is 0 Å². The van der Waals surface area contributed by atoms with E-state index in [0.29, 0.717) is 56.6 Å². The molecule has 12 nitrogen and oxygen atoms in total. The first kappa shape index (κ1) is 31.2. The van der Waals surface area contributed by atoms with Gasteiger partial charge in [0, 0.05) is 68.0 Å². The Morgan fingerprint density at radius 3 is 2.52 bits per heavy atom. The van der Waals surface area contributed by atoms with E-state index >= 15 is 0 Å². The first-order valence-corrected chi connectivity index (χ1v) is 17.5. The third-order valence-corrected chi connectivity index (χ3v) is 11.3. The van der Waals surface area contributed by atoms with Gasteiger partial charge in [0.25, 0.3) is 5.91 Å². The van der Waals surface area contributed by atoms with Crippen molar-refractivity contribution in [3.05, 3.63) is 45.2 Å². The average molecular weight is 669 g/mol. The summed E-state index contributed by atoms with van der Waals surface area (Å²) in [6, 6.07) is 6.16. The first-order chi connectivity index (χ1) is 22.3. The monoisotopic (exact) mass is 668 g/mol. The summed E-state index contributed by atoms with van der Waals surface area (Å²) in [6.07, 6.45) is 4.02. The van der Waals surface area contributed by atoms with Crippen molar-refractivity contribution in [1.82, 2.24) is 34.7 Å². The van der Waals surface area contributed by atoms with Crippen LogP contribution in [0.25, 0.3) is 10.9 Å². The molecule has 46 heavy (non-hydrogen) atoms. The van der Waals surface area contributed by atoms with Crippen LogP contribution in [0, 0.1) is 0 Å². The number of hydrogen-bond donors (Lipinski definition) is 2. The topological polar surface area (TPSA) is 117 Å². The lowest BCUT2D eigenvalue weighted by molar-refractivity contribution is -0.143. The molecule has 3 saturated heterocycles. The minimum atomic E-state index is -0.981. The molecule has 0 saturated carbocycles. The molecule has 7 rings (SSSR count). The molecular formula is C32H41ClN8O4S. The zero-order valence-corrected chi connectivity index (χ0v) is 27.7. The predicted molar refractivity (Wildman–Crippen MR) is 177 cm³/mol. The first-order valence-electron chi connectivity index (χ1n) is 16.2. The van der Waals surface area contributed by atoms with Crippen LogP contribution in [0.2, 0.25) is 5.02 Å². The van der Waals surface area contributed by atoms with Crippen LogP contribution in [0.5, 0.6) is 0 Å². The number of carbonyl (C=O) groups is 3. The largest absolute Gasteiger partial charge is 0.436 e. The molecule has 1 aromatic carbocycles. The van der Waals surface area contributed by atoms with E-state index in [0.717, 1.165) is 66.1 Å². The van der Waals surface area contributed by atoms with Gasteiger partial charge in [-0.2, -0.15) is 5.10 Å². The van der Waals surface area contributed by atoms with Crippen LogP contribution in [0.4, 0.5) is 15.3 Å². The van der Waals surface area contributed by atoms with E-state index < -0.39 is 12.2 Å². The molecule has 4 aliphatic heterocycles. The number of ether oxygens (including phenoxy) is 1. The summed E-state index contributed by atoms with van der Waals surface area (Å²) in [5, 5.41) is 13.3. The number of amides is 4. The summed E-state index contributed by atoms with van der Waals surface area (Å²) in [7, 11) is 2.17. The number of likely N-dealkylation sites (tertiary alicyclic amines) is 2. The Bertz CT molecular complexity index is 1570. The number of aromatic amines is 1. The second-order valence-electron chi connectivity index (χ2n) is 12.9. The molecule has 2 N–H and O–H groups in total. The number of anilines is 1. The van der Waals surface area contributed by atoms with E-state index in [9.17, 15) is 14.4 Å². The van der Waals surface area contributed by atoms with Gasteiger partial charge in [-0.05, 0) is 75.0 Å². The molecule has 6 heterocycles. The number of thiophene rings is 1. The summed E-state index contributed by atoms with van der Waals surface area (Å²) in [5.41, 5.74) is 2.42. The number of urea groups is 1. The van der Waals surface area contributed by atoms with Crippen molar-refractivity contribution in [1.29, 1.82) is 0 Å². The zero-order chi connectivity index (χ0) is 31.8. The standard InChI is InChI=1S/C32H41ClN8O4S/c1-37-7-2-23(3-8-37)38-11-13-39(14-12-38)30(42)27(18-21-16-22-19-34-36-29(22)25(33)17-21)45-32(44)40-9-4-24(5-10-40)41-20-28-26(6-15-46-28)35-31(41)43/h6,15-17,19,23-24,27H,2-5,7-14,18,20H2,1H3,(H,34,36)(H,35,43). The van der Waals surface area contributed by atoms with Gasteiger partial charge in [-0.15, -0.1) is 11.3 Å². The maximum Gasteiger partial charge on any atom is 0.410 e. The third-order valence-electron chi connectivity index (χ3n) is 10.1. The summed E-state index contributed by atoms with van der Waals surface area (Å²) in [6.45, 7) is 6.54. The maximum atomic E-state index is 14.0. The average Bonchev–Trinajstić information content (AvgIpc) is 3.74. The molecule has 3 fully saturated rings. The molecule has 0 spiro atoms. The van der Waals surface area contributed by atoms with Crippen molar-refractivity contribution >= 4 is 57.6 Å². The Morgan fingerprint density at radius 1 is 1.02 bits per heavy atom. The van der Waals surface area contributed by atoms with Crippen molar-refractivity contribution in [2.45, 2.75) is 56.8 Å². The highest BCUT2D eigenvalue weighted by Crippen LogP contribution is 2.32. The molecule has 3 aromatic rings. The number of piperidine rings is 2. The highest BCUT2D eigenvalue weighted by Gasteiger charge is 2.37. The molecule has 4 aliphatic rings. The normalized spacial score (nSPS) is 21.3. The number of nitrogens with one attached hydrogen (secondary N) is 2. The van der Waals surface area contributed by atoms with E-state index in [4.69, 9.17) is 16.3 Å². The Labute approximate surface area is 277 Å². The van der Waals surface area contributed by atoms with Crippen LogP contribution >= 0.6 is 22.9 Å². The molecular weight excluding hydrogens is 628 g/mol. The van der Waals surface area contributed by atoms with Crippen LogP contribution in [-0.2, 0) is 22.5 Å². The SMILES string of the molecule is CN1CCC(N2CCN(C(=O)C(Cc3cc(Cl)c4[nH]ncc4c3)OC(=O)N3CCC(N4Cc5sccc5NC4=O)CC3)CC2)CC1. The van der Waals surface area contributed by atoms with E-state index in [1.807, 2.05) is 33.4 Å². The molecule has 246 valence electrons. The Balaban J connectivity index is 1.00. The number of halogens is 1. The van der Waals surface area contributed by atoms with Gasteiger partial charge >= 0.3 is 12.1 Å². The summed E-state index contributed by atoms with van der Waals surface area (Å²) >= 11 is 8.16. The lowest BCUT2D eigenvalue weighted by Crippen LogP contribution is -2.56. The fraction of sp³-hybridized carbons (Fsp3) is 0.562. The van der Waals surface area contributed by atoms with Gasteiger partial charge in [0.2, 0.25) is 0 Å². The van der Waals surface area contributed by atoms with Gasteiger partial charge in [-0.25, -0.2) is 9.59 Å². The van der Waals surface area contributed by atoms with Gasteiger partial charge in [-0.1, -0.05) is 11.6 Å². The number of fused-ring (bicyclic) bond motifs is 2. The van der Waals surface area contributed by atoms with Crippen LogP contribution in [0.15, 0.2) is 29.8 Å². The predicted octanol–water partition coefficient (Wildman–Crippen LogP) is 4.08. The molecule has 0 bridgehead atoms. The number of nitrogens with zero attached hydrogens (tertiary/aromatic N) is 6. The molecule has 1 atom stereocenters. The minimum absolute atomic E-state index is 0.0291. The third kappa shape index (κ3) is 6.55. The van der Waals surface area contributed by atoms with Gasteiger partial charge in [0.15, 0.2) is 6.10 Å². The Kier molecular flexibility index (Phi) is 9.08. The van der Waals surface area contributed by atoms with Crippen molar-refractivity contribution in [3.8, 4) is 0 Å². The van der Waals surface area contributed by atoms with Crippen molar-refractivity contribution in [2.24, 2.45) is 0 Å². The smallest absolute Gasteiger partial charge is 0.410 e. The highest BCUT2D eigenvalue weighted by atomic mass is 35.5. The van der Waals surface area contributed by atoms with Gasteiger partial charge < -0.3 is 29.7 Å². The van der Waals surface area contributed by atoms with Gasteiger partial charge in [0.05, 0.1) is 29.0 Å². The number of aromatic nitrogens is 2. The molecule has 0 radical (unpaired) electrons. The number of carbonyl (C=O) groups excluding carboxylic acids is 3. The number of hydrogen-bond acceptors (Lipinski definition) is 8. The summed E-state index contributed by atoms with van der Waals surface area (Å²) in [4.78, 5) is 51.8. The Morgan fingerprint density at radius 2 is 1.76 bits per heavy atom. The molecule has 2 aromatic heterocycles. The van der Waals surface area contributed by atoms with E-state index in [2.05, 4.69) is 32.4 Å². The molecule has 1 unspecified atom stereocenters. The fourth-order valence-electron chi connectivity index (χ4n) is 7.29. The van der Waals surface area contributed by atoms with E-state index in [-0.39, 0.29) is 24.4 Å². The zero-order valence-electron chi connectivity index (χ0n) is 26.1. The minimum Gasteiger partial charge on any atom is -0.436 e. The second kappa shape index (κ2) is 13.4. The summed E-state index contributed by atoms with van der Waals surface area (Å²) in [5.74, 6) is -0.175. The van der Waals surface area contributed by atoms with E-state index in [1.165, 1.54) is 0 Å². The van der Waals surface area contributed by atoms with Crippen LogP contribution in [0.1, 0.15) is 36.1 Å². The molecule has 0 aliphatic carbocycles. The quantitative estimate of drug-likeness (QED) is 0.407. The fourth-order valence-corrected chi connectivity index (χ4v) is 8.41. The second-order valence-corrected chi connectivity index (χ2v) is 14.3. The highest BCUT2D eigenvalue weighted by molar-refractivity contribution is 7.10. The number of H-pyrrole nitrogens is 1. The number of piperazine rings is 1. The van der Waals surface area contributed by atoms with Crippen molar-refractivity contribution < 1.29 is 19.1 Å².